The van der Waals surface area contributed by atoms with E-state index >= 15 is 0 Å². The van der Waals surface area contributed by atoms with E-state index in [1.807, 2.05) is 18.2 Å². The van der Waals surface area contributed by atoms with Gasteiger partial charge in [-0.15, -0.1) is 10.2 Å². The average molecular weight is 373 g/mol. The van der Waals surface area contributed by atoms with E-state index in [0.29, 0.717) is 22.3 Å². The number of benzene rings is 2. The predicted octanol–water partition coefficient (Wildman–Crippen LogP) is 2.54. The van der Waals surface area contributed by atoms with E-state index in [1.165, 1.54) is 16.8 Å². The van der Waals surface area contributed by atoms with Crippen molar-refractivity contribution in [2.24, 2.45) is 0 Å². The fraction of sp³-hybridized carbons (Fsp3) is 0.118. The average Bonchev–Trinajstić information content (AvgIpc) is 3.02. The van der Waals surface area contributed by atoms with E-state index in [2.05, 4.69) is 15.5 Å². The fourth-order valence-electron chi connectivity index (χ4n) is 2.27. The first-order valence-corrected chi connectivity index (χ1v) is 8.59. The summed E-state index contributed by atoms with van der Waals surface area (Å²) in [5.41, 5.74) is 0.815. The van der Waals surface area contributed by atoms with Gasteiger partial charge < -0.3 is 15.9 Å². The second-order valence-corrected chi connectivity index (χ2v) is 6.14. The molecule has 1 amide bonds. The maximum absolute atomic E-state index is 13.6. The van der Waals surface area contributed by atoms with Gasteiger partial charge >= 0.3 is 0 Å². The first-order valence-electron chi connectivity index (χ1n) is 7.61. The van der Waals surface area contributed by atoms with Crippen molar-refractivity contribution in [3.8, 4) is 17.1 Å². The van der Waals surface area contributed by atoms with Crippen molar-refractivity contribution in [1.29, 1.82) is 0 Å². The zero-order chi connectivity index (χ0) is 18.5. The molecule has 3 rings (SSSR count). The number of methoxy groups -OCH3 is 1. The maximum atomic E-state index is 13.6. The third kappa shape index (κ3) is 3.77. The van der Waals surface area contributed by atoms with E-state index in [9.17, 15) is 9.18 Å². The Labute approximate surface area is 153 Å². The lowest BCUT2D eigenvalue weighted by molar-refractivity contribution is -0.113. The lowest BCUT2D eigenvalue weighted by Crippen LogP contribution is -2.17. The van der Waals surface area contributed by atoms with Crippen molar-refractivity contribution in [2.45, 2.75) is 5.16 Å². The van der Waals surface area contributed by atoms with E-state index < -0.39 is 5.82 Å². The molecule has 1 aromatic heterocycles. The molecule has 26 heavy (non-hydrogen) atoms. The molecule has 1 heterocycles. The number of ether oxygens (including phenoxy) is 1. The Morgan fingerprint density at radius 3 is 2.73 bits per heavy atom. The van der Waals surface area contributed by atoms with Crippen LogP contribution in [0.2, 0.25) is 0 Å². The number of hydrogen-bond donors (Lipinski definition) is 2. The van der Waals surface area contributed by atoms with Gasteiger partial charge in [0.2, 0.25) is 11.1 Å². The Hall–Kier alpha value is -3.07. The van der Waals surface area contributed by atoms with Crippen LogP contribution in [0.4, 0.5) is 10.1 Å². The van der Waals surface area contributed by atoms with Crippen LogP contribution < -0.4 is 15.9 Å². The Kier molecular flexibility index (Phi) is 5.37. The molecule has 0 radical (unpaired) electrons. The van der Waals surface area contributed by atoms with Crippen LogP contribution in [-0.2, 0) is 4.79 Å². The van der Waals surface area contributed by atoms with Gasteiger partial charge in [0.25, 0.3) is 0 Å². The van der Waals surface area contributed by atoms with Crippen LogP contribution >= 0.6 is 11.8 Å². The van der Waals surface area contributed by atoms with Crippen LogP contribution in [-0.4, -0.2) is 33.6 Å². The summed E-state index contributed by atoms with van der Waals surface area (Å²) >= 11 is 1.10. The highest BCUT2D eigenvalue weighted by Crippen LogP contribution is 2.29. The largest absolute Gasteiger partial charge is 0.496 e. The van der Waals surface area contributed by atoms with E-state index in [0.717, 1.165) is 11.8 Å². The van der Waals surface area contributed by atoms with Crippen LogP contribution in [0.15, 0.2) is 53.7 Å². The molecular formula is C17H16FN5O2S. The lowest BCUT2D eigenvalue weighted by Gasteiger charge is -2.08. The second kappa shape index (κ2) is 7.87. The molecule has 3 N–H and O–H groups in total. The number of nitrogen functional groups attached to an aromatic ring is 1. The van der Waals surface area contributed by atoms with E-state index in [-0.39, 0.29) is 17.3 Å². The summed E-state index contributed by atoms with van der Waals surface area (Å²) in [5.74, 6) is 6.22. The molecule has 2 aromatic carbocycles. The monoisotopic (exact) mass is 373 g/mol. The van der Waals surface area contributed by atoms with E-state index in [1.54, 1.807) is 25.3 Å². The molecule has 7 nitrogen and oxygen atoms in total. The van der Waals surface area contributed by atoms with E-state index in [4.69, 9.17) is 10.6 Å². The van der Waals surface area contributed by atoms with Gasteiger partial charge in [0.1, 0.15) is 11.6 Å². The SMILES string of the molecule is COc1ccccc1-c1nnc(SCC(=O)Nc2ccccc2F)n1N. The number of rotatable bonds is 6. The molecule has 0 aliphatic carbocycles. The van der Waals surface area contributed by atoms with Gasteiger partial charge in [-0.1, -0.05) is 36.0 Å². The highest BCUT2D eigenvalue weighted by Gasteiger charge is 2.17. The van der Waals surface area contributed by atoms with Crippen molar-refractivity contribution in [3.63, 3.8) is 0 Å². The Morgan fingerprint density at radius 2 is 1.96 bits per heavy atom. The fourth-order valence-corrected chi connectivity index (χ4v) is 2.92. The molecule has 0 aliphatic rings. The second-order valence-electron chi connectivity index (χ2n) is 5.19. The summed E-state index contributed by atoms with van der Waals surface area (Å²) in [6.45, 7) is 0. The Balaban J connectivity index is 1.69. The number of carbonyl (C=O) groups excluding carboxylic acids is 1. The number of nitrogens with two attached hydrogens (primary N) is 1. The van der Waals surface area contributed by atoms with Gasteiger partial charge in [-0.2, -0.15) is 0 Å². The lowest BCUT2D eigenvalue weighted by atomic mass is 10.2. The molecule has 0 unspecified atom stereocenters. The summed E-state index contributed by atoms with van der Waals surface area (Å²) in [4.78, 5) is 12.0. The first-order chi connectivity index (χ1) is 12.6. The van der Waals surface area contributed by atoms with Crippen LogP contribution in [0, 0.1) is 5.82 Å². The summed E-state index contributed by atoms with van der Waals surface area (Å²) in [6.07, 6.45) is 0. The van der Waals surface area contributed by atoms with Gasteiger partial charge in [-0.05, 0) is 24.3 Å². The molecule has 0 saturated heterocycles. The van der Waals surface area contributed by atoms with Crippen LogP contribution in [0.25, 0.3) is 11.4 Å². The molecular weight excluding hydrogens is 357 g/mol. The van der Waals surface area contributed by atoms with Crippen LogP contribution in [0.1, 0.15) is 0 Å². The molecule has 0 aliphatic heterocycles. The van der Waals surface area contributed by atoms with Crippen molar-refractivity contribution in [1.82, 2.24) is 14.9 Å². The minimum atomic E-state index is -0.494. The van der Waals surface area contributed by atoms with Gasteiger partial charge in [-0.3, -0.25) is 4.79 Å². The quantitative estimate of drug-likeness (QED) is 0.509. The first kappa shape index (κ1) is 17.7. The maximum Gasteiger partial charge on any atom is 0.234 e. The Morgan fingerprint density at radius 1 is 1.23 bits per heavy atom. The van der Waals surface area contributed by atoms with Gasteiger partial charge in [0, 0.05) is 0 Å². The number of aromatic nitrogens is 3. The summed E-state index contributed by atoms with van der Waals surface area (Å²) in [7, 11) is 1.55. The number of thioether (sulfide) groups is 1. The minimum Gasteiger partial charge on any atom is -0.496 e. The molecule has 134 valence electrons. The summed E-state index contributed by atoms with van der Waals surface area (Å²) in [5, 5.41) is 10.9. The van der Waals surface area contributed by atoms with Crippen LogP contribution in [0.3, 0.4) is 0 Å². The van der Waals surface area contributed by atoms with Crippen molar-refractivity contribution >= 4 is 23.4 Å². The van der Waals surface area contributed by atoms with Gasteiger partial charge in [0.15, 0.2) is 5.82 Å². The standard InChI is InChI=1S/C17H16FN5O2S/c1-25-14-9-5-2-6-11(14)16-21-22-17(23(16)19)26-10-15(24)20-13-8-4-3-7-12(13)18/h2-9H,10,19H2,1H3,(H,20,24). The Bertz CT molecular complexity index is 931. The highest BCUT2D eigenvalue weighted by molar-refractivity contribution is 7.99. The number of hydrogen-bond acceptors (Lipinski definition) is 6. The number of para-hydroxylation sites is 2. The predicted molar refractivity (Wildman–Crippen MR) is 97.9 cm³/mol. The minimum absolute atomic E-state index is 0.00952. The summed E-state index contributed by atoms with van der Waals surface area (Å²) in [6, 6.07) is 13.2. The van der Waals surface area contributed by atoms with Crippen molar-refractivity contribution in [2.75, 3.05) is 24.0 Å². The molecule has 0 fully saturated rings. The molecule has 9 heteroatoms. The zero-order valence-electron chi connectivity index (χ0n) is 13.8. The molecule has 0 atom stereocenters. The number of carbonyl (C=O) groups is 1. The molecule has 3 aromatic rings. The molecule has 0 saturated carbocycles. The number of anilines is 1. The van der Waals surface area contributed by atoms with Crippen molar-refractivity contribution in [3.05, 3.63) is 54.3 Å². The number of amides is 1. The van der Waals surface area contributed by atoms with Gasteiger partial charge in [0.05, 0.1) is 24.1 Å². The topological polar surface area (TPSA) is 95.1 Å². The summed E-state index contributed by atoms with van der Waals surface area (Å²) < 4.78 is 20.1. The van der Waals surface area contributed by atoms with Crippen molar-refractivity contribution < 1.29 is 13.9 Å². The molecule has 0 bridgehead atoms. The van der Waals surface area contributed by atoms with Gasteiger partial charge in [-0.25, -0.2) is 9.07 Å². The number of nitrogens with zero attached hydrogens (tertiary/aromatic N) is 3. The zero-order valence-corrected chi connectivity index (χ0v) is 14.7. The number of nitrogens with one attached hydrogen (secondary N) is 1. The van der Waals surface area contributed by atoms with Crippen LogP contribution in [0.5, 0.6) is 5.75 Å². The third-order valence-corrected chi connectivity index (χ3v) is 4.44. The highest BCUT2D eigenvalue weighted by atomic mass is 32.2. The third-order valence-electron chi connectivity index (χ3n) is 3.49. The molecule has 0 spiro atoms. The normalized spacial score (nSPS) is 10.5. The number of halogens is 1. The smallest absolute Gasteiger partial charge is 0.234 e.